The van der Waals surface area contributed by atoms with Crippen LogP contribution in [0.1, 0.15) is 11.1 Å². The van der Waals surface area contributed by atoms with Gasteiger partial charge in [0.25, 0.3) is 0 Å². The van der Waals surface area contributed by atoms with Gasteiger partial charge in [0.2, 0.25) is 5.95 Å². The van der Waals surface area contributed by atoms with E-state index in [9.17, 15) is 5.11 Å². The summed E-state index contributed by atoms with van der Waals surface area (Å²) >= 11 is 0. The molecule has 21 heavy (non-hydrogen) atoms. The molecule has 0 saturated heterocycles. The van der Waals surface area contributed by atoms with Crippen LogP contribution in [0.2, 0.25) is 0 Å². The van der Waals surface area contributed by atoms with Crippen molar-refractivity contribution in [2.24, 2.45) is 4.99 Å². The van der Waals surface area contributed by atoms with Crippen LogP contribution in [0.4, 0.5) is 5.95 Å². The van der Waals surface area contributed by atoms with E-state index in [0.717, 1.165) is 16.6 Å². The number of benzene rings is 2. The molecule has 0 spiro atoms. The van der Waals surface area contributed by atoms with Gasteiger partial charge in [-0.25, -0.2) is 9.98 Å². The number of nitrogens with zero attached hydrogens (tertiary/aromatic N) is 2. The van der Waals surface area contributed by atoms with E-state index in [4.69, 9.17) is 0 Å². The lowest BCUT2D eigenvalue weighted by Crippen LogP contribution is -1.88. The van der Waals surface area contributed by atoms with Crippen molar-refractivity contribution in [3.63, 3.8) is 0 Å². The molecule has 2 N–H and O–H groups in total. The van der Waals surface area contributed by atoms with E-state index < -0.39 is 0 Å². The van der Waals surface area contributed by atoms with Crippen molar-refractivity contribution >= 4 is 23.2 Å². The molecule has 1 aromatic heterocycles. The quantitative estimate of drug-likeness (QED) is 0.563. The Hall–Kier alpha value is -2.88. The summed E-state index contributed by atoms with van der Waals surface area (Å²) in [5.74, 6) is 0.752. The number of aliphatic imine (C=N–C) groups is 1. The Kier molecular flexibility index (Phi) is 3.51. The smallest absolute Gasteiger partial charge is 0.227 e. The summed E-state index contributed by atoms with van der Waals surface area (Å²) < 4.78 is 0. The van der Waals surface area contributed by atoms with Gasteiger partial charge in [-0.05, 0) is 30.2 Å². The molecule has 0 aliphatic carbocycles. The fraction of sp³-hybridized carbons (Fsp3) is 0.0588. The lowest BCUT2D eigenvalue weighted by Gasteiger charge is -2.03. The van der Waals surface area contributed by atoms with Gasteiger partial charge in [-0.3, -0.25) is 0 Å². The Bertz CT molecular complexity index is 785. The lowest BCUT2D eigenvalue weighted by atomic mass is 10.1. The van der Waals surface area contributed by atoms with Crippen molar-refractivity contribution in [2.75, 3.05) is 0 Å². The van der Waals surface area contributed by atoms with E-state index in [2.05, 4.69) is 21.5 Å². The zero-order valence-electron chi connectivity index (χ0n) is 11.5. The average Bonchev–Trinajstić information content (AvgIpc) is 2.91. The number of nitrogens with one attached hydrogen (secondary N) is 1. The second kappa shape index (κ2) is 5.63. The van der Waals surface area contributed by atoms with E-state index in [-0.39, 0.29) is 5.75 Å². The number of imidazole rings is 1. The Morgan fingerprint density at radius 3 is 2.86 bits per heavy atom. The highest BCUT2D eigenvalue weighted by Gasteiger charge is 2.04. The van der Waals surface area contributed by atoms with Crippen LogP contribution in [0.3, 0.4) is 0 Å². The molecular formula is C17H15N3O. The van der Waals surface area contributed by atoms with E-state index in [1.54, 1.807) is 12.3 Å². The van der Waals surface area contributed by atoms with Crippen molar-refractivity contribution in [1.82, 2.24) is 9.97 Å². The monoisotopic (exact) mass is 277 g/mol. The number of H-pyrrole nitrogens is 1. The van der Waals surface area contributed by atoms with Crippen LogP contribution in [-0.2, 0) is 6.42 Å². The van der Waals surface area contributed by atoms with Crippen molar-refractivity contribution in [3.8, 4) is 5.75 Å². The number of aromatic amines is 1. The minimum atomic E-state index is 0.234. The number of hydrogen-bond donors (Lipinski definition) is 2. The van der Waals surface area contributed by atoms with Gasteiger partial charge < -0.3 is 10.1 Å². The highest BCUT2D eigenvalue weighted by Crippen LogP contribution is 2.22. The molecule has 4 nitrogen and oxygen atoms in total. The first-order valence-corrected chi connectivity index (χ1v) is 6.68. The Labute approximate surface area is 122 Å². The van der Waals surface area contributed by atoms with E-state index in [1.807, 2.05) is 42.5 Å². The number of allylic oxidation sites excluding steroid dienone is 1. The number of aromatic hydroxyl groups is 1. The maximum Gasteiger partial charge on any atom is 0.227 e. The van der Waals surface area contributed by atoms with Crippen LogP contribution in [0.15, 0.2) is 60.1 Å². The molecule has 0 amide bonds. The molecule has 3 rings (SSSR count). The summed E-state index contributed by atoms with van der Waals surface area (Å²) in [6.07, 6.45) is 3.99. The van der Waals surface area contributed by atoms with Crippen LogP contribution >= 0.6 is 0 Å². The number of para-hydroxylation sites is 3. The minimum absolute atomic E-state index is 0.234. The number of hydrogen-bond acceptors (Lipinski definition) is 3. The largest absolute Gasteiger partial charge is 0.507 e. The van der Waals surface area contributed by atoms with Gasteiger partial charge in [-0.2, -0.15) is 0 Å². The second-order valence-electron chi connectivity index (χ2n) is 4.68. The van der Waals surface area contributed by atoms with Crippen LogP contribution in [-0.4, -0.2) is 21.3 Å². The second-order valence-corrected chi connectivity index (χ2v) is 4.68. The summed E-state index contributed by atoms with van der Waals surface area (Å²) in [6.45, 7) is 3.68. The van der Waals surface area contributed by atoms with Gasteiger partial charge in [0, 0.05) is 11.8 Å². The molecule has 4 heteroatoms. The first-order valence-electron chi connectivity index (χ1n) is 6.68. The van der Waals surface area contributed by atoms with Gasteiger partial charge >= 0.3 is 0 Å². The summed E-state index contributed by atoms with van der Waals surface area (Å²) in [5.41, 5.74) is 3.30. The molecule has 0 aliphatic heterocycles. The Morgan fingerprint density at radius 2 is 2.05 bits per heavy atom. The van der Waals surface area contributed by atoms with Gasteiger partial charge in [-0.15, -0.1) is 6.58 Å². The zero-order chi connectivity index (χ0) is 14.7. The molecule has 3 aromatic rings. The summed E-state index contributed by atoms with van der Waals surface area (Å²) in [6, 6.07) is 13.3. The standard InChI is InChI=1S/C17H15N3O/c1-2-6-12-7-5-8-13(16(12)21)11-18-17-19-14-9-3-4-10-15(14)20-17/h2-5,7-11,21H,1,6H2,(H,19,20)/b18-11+. The van der Waals surface area contributed by atoms with Gasteiger partial charge in [-0.1, -0.05) is 30.3 Å². The third-order valence-corrected chi connectivity index (χ3v) is 3.22. The molecule has 0 saturated carbocycles. The molecule has 0 aliphatic rings. The number of phenols is 1. The van der Waals surface area contributed by atoms with E-state index in [0.29, 0.717) is 17.9 Å². The number of rotatable bonds is 4. The molecule has 2 aromatic carbocycles. The molecule has 0 fully saturated rings. The third kappa shape index (κ3) is 2.69. The Balaban J connectivity index is 1.92. The van der Waals surface area contributed by atoms with Crippen molar-refractivity contribution < 1.29 is 5.11 Å². The van der Waals surface area contributed by atoms with Crippen molar-refractivity contribution in [1.29, 1.82) is 0 Å². The normalized spacial score (nSPS) is 11.2. The van der Waals surface area contributed by atoms with E-state index >= 15 is 0 Å². The first-order chi connectivity index (χ1) is 10.3. The Morgan fingerprint density at radius 1 is 1.19 bits per heavy atom. The van der Waals surface area contributed by atoms with Crippen LogP contribution in [0.25, 0.3) is 11.0 Å². The number of aromatic nitrogens is 2. The van der Waals surface area contributed by atoms with Crippen LogP contribution in [0, 0.1) is 0 Å². The fourth-order valence-electron chi connectivity index (χ4n) is 2.17. The topological polar surface area (TPSA) is 61.3 Å². The van der Waals surface area contributed by atoms with Gasteiger partial charge in [0.1, 0.15) is 5.75 Å². The minimum Gasteiger partial charge on any atom is -0.507 e. The zero-order valence-corrected chi connectivity index (χ0v) is 11.5. The fourth-order valence-corrected chi connectivity index (χ4v) is 2.17. The molecule has 1 heterocycles. The molecule has 0 atom stereocenters. The number of fused-ring (bicyclic) bond motifs is 1. The summed E-state index contributed by atoms with van der Waals surface area (Å²) in [5, 5.41) is 10.2. The summed E-state index contributed by atoms with van der Waals surface area (Å²) in [4.78, 5) is 11.8. The maximum atomic E-state index is 10.2. The maximum absolute atomic E-state index is 10.2. The van der Waals surface area contributed by atoms with Gasteiger partial charge in [0.05, 0.1) is 11.0 Å². The third-order valence-electron chi connectivity index (χ3n) is 3.22. The molecular weight excluding hydrogens is 262 g/mol. The highest BCUT2D eigenvalue weighted by atomic mass is 16.3. The molecule has 0 radical (unpaired) electrons. The average molecular weight is 277 g/mol. The predicted molar refractivity (Wildman–Crippen MR) is 85.4 cm³/mol. The van der Waals surface area contributed by atoms with Gasteiger partial charge in [0.15, 0.2) is 0 Å². The summed E-state index contributed by atoms with van der Waals surface area (Å²) in [7, 11) is 0. The lowest BCUT2D eigenvalue weighted by molar-refractivity contribution is 0.469. The number of phenolic OH excluding ortho intramolecular Hbond substituents is 1. The molecule has 104 valence electrons. The van der Waals surface area contributed by atoms with Crippen molar-refractivity contribution in [2.45, 2.75) is 6.42 Å². The first kappa shape index (κ1) is 13.1. The highest BCUT2D eigenvalue weighted by molar-refractivity contribution is 5.86. The van der Waals surface area contributed by atoms with E-state index in [1.165, 1.54) is 0 Å². The molecule has 0 unspecified atom stereocenters. The predicted octanol–water partition coefficient (Wildman–Crippen LogP) is 3.75. The molecule has 0 bridgehead atoms. The SMILES string of the molecule is C=CCc1cccc(/C=N/c2nc3ccccc3[nH]2)c1O. The van der Waals surface area contributed by atoms with Crippen LogP contribution < -0.4 is 0 Å². The van der Waals surface area contributed by atoms with Crippen molar-refractivity contribution in [3.05, 3.63) is 66.2 Å². The van der Waals surface area contributed by atoms with Crippen LogP contribution in [0.5, 0.6) is 5.75 Å².